The van der Waals surface area contributed by atoms with Crippen molar-refractivity contribution in [2.75, 3.05) is 20.8 Å². The molecule has 136 valence electrons. The van der Waals surface area contributed by atoms with Crippen LogP contribution in [0.3, 0.4) is 0 Å². The Kier molecular flexibility index (Phi) is 5.42. The van der Waals surface area contributed by atoms with Crippen molar-refractivity contribution in [2.24, 2.45) is 0 Å². The lowest BCUT2D eigenvalue weighted by Gasteiger charge is -2.30. The summed E-state index contributed by atoms with van der Waals surface area (Å²) in [5, 5.41) is 10.4. The van der Waals surface area contributed by atoms with Crippen LogP contribution in [0.2, 0.25) is 0 Å². The van der Waals surface area contributed by atoms with Gasteiger partial charge in [-0.15, -0.1) is 0 Å². The van der Waals surface area contributed by atoms with Gasteiger partial charge in [0.1, 0.15) is 18.8 Å². The molecule has 1 aliphatic rings. The fourth-order valence-corrected chi connectivity index (χ4v) is 2.70. The minimum atomic E-state index is -4.86. The second kappa shape index (κ2) is 6.86. The molecule has 1 aromatic heterocycles. The average Bonchev–Trinajstić information content (AvgIpc) is 2.77. The first-order valence-corrected chi connectivity index (χ1v) is 8.12. The maximum absolute atomic E-state index is 11.9. The number of phosphoric acid groups is 1. The molecule has 0 saturated carbocycles. The van der Waals surface area contributed by atoms with E-state index >= 15 is 0 Å². The highest BCUT2D eigenvalue weighted by Crippen LogP contribution is 2.43. The van der Waals surface area contributed by atoms with Gasteiger partial charge in [0.25, 0.3) is 5.56 Å². The van der Waals surface area contributed by atoms with Gasteiger partial charge in [-0.1, -0.05) is 0 Å². The van der Waals surface area contributed by atoms with Crippen molar-refractivity contribution in [2.45, 2.75) is 24.2 Å². The van der Waals surface area contributed by atoms with Crippen molar-refractivity contribution in [3.63, 3.8) is 0 Å². The number of hydrogen-bond acceptors (Lipinski definition) is 8. The number of phosphoric ester groups is 1. The topological polar surface area (TPSA) is 170 Å². The Bertz CT molecular complexity index is 741. The molecule has 24 heavy (non-hydrogen) atoms. The third kappa shape index (κ3) is 3.66. The van der Waals surface area contributed by atoms with E-state index in [0.29, 0.717) is 0 Å². The van der Waals surface area contributed by atoms with E-state index in [1.54, 1.807) is 0 Å². The summed E-state index contributed by atoms with van der Waals surface area (Å²) < 4.78 is 31.8. The number of aliphatic hydroxyl groups excluding tert-OH is 1. The van der Waals surface area contributed by atoms with E-state index in [1.165, 1.54) is 7.11 Å². The second-order valence-corrected chi connectivity index (χ2v) is 6.19. The molecular weight excluding hydrogens is 351 g/mol. The van der Waals surface area contributed by atoms with Gasteiger partial charge in [0.15, 0.2) is 6.23 Å². The first kappa shape index (κ1) is 19.0. The number of methoxy groups -OCH3 is 2. The number of nitrogens with one attached hydrogen (secondary N) is 1. The number of nitrogens with zero attached hydrogens (tertiary/aromatic N) is 1. The van der Waals surface area contributed by atoms with Gasteiger partial charge in [-0.25, -0.2) is 9.36 Å². The van der Waals surface area contributed by atoms with Crippen LogP contribution in [0.25, 0.3) is 0 Å². The Labute approximate surface area is 134 Å². The number of rotatable bonds is 6. The van der Waals surface area contributed by atoms with Gasteiger partial charge in [-0.2, -0.15) is 0 Å². The van der Waals surface area contributed by atoms with Crippen molar-refractivity contribution in [3.8, 4) is 0 Å². The lowest BCUT2D eigenvalue weighted by atomic mass is 10.1. The monoisotopic (exact) mass is 368 g/mol. The maximum Gasteiger partial charge on any atom is 0.469 e. The smallest absolute Gasteiger partial charge is 0.384 e. The summed E-state index contributed by atoms with van der Waals surface area (Å²) in [5.74, 6) is -2.00. The van der Waals surface area contributed by atoms with Crippen molar-refractivity contribution in [1.82, 2.24) is 9.55 Å². The Morgan fingerprint density at radius 1 is 1.42 bits per heavy atom. The van der Waals surface area contributed by atoms with E-state index in [9.17, 15) is 19.3 Å². The number of hydrogen-bond donors (Lipinski definition) is 4. The standard InChI is InChI=1S/C11H17N2O10P/c1-20-7-8(15)11(21-2,5-22-24(17,18)19)23-9(7)13-4-3-6(14)12-10(13)16/h3-4,7-9,15H,5H2,1-2H3,(H,12,14,16)(H2,17,18,19)/t7-,8+,9-,11-/m1/s1. The third-order valence-corrected chi connectivity index (χ3v) is 4.01. The molecule has 0 radical (unpaired) electrons. The molecule has 13 heteroatoms. The predicted octanol–water partition coefficient (Wildman–Crippen LogP) is -2.11. The molecule has 0 amide bonds. The number of aromatic nitrogens is 2. The fourth-order valence-electron chi connectivity index (χ4n) is 2.36. The van der Waals surface area contributed by atoms with Crippen molar-refractivity contribution < 1.29 is 38.2 Å². The molecule has 0 unspecified atom stereocenters. The summed E-state index contributed by atoms with van der Waals surface area (Å²) in [4.78, 5) is 42.7. The van der Waals surface area contributed by atoms with Crippen LogP contribution in [0.5, 0.6) is 0 Å². The molecule has 2 heterocycles. The van der Waals surface area contributed by atoms with Crippen molar-refractivity contribution in [1.29, 1.82) is 0 Å². The van der Waals surface area contributed by atoms with Gasteiger partial charge in [0.05, 0.1) is 0 Å². The first-order valence-electron chi connectivity index (χ1n) is 6.59. The summed E-state index contributed by atoms with van der Waals surface area (Å²) in [5.41, 5.74) is -1.46. The van der Waals surface area contributed by atoms with E-state index in [-0.39, 0.29) is 0 Å². The third-order valence-electron chi connectivity index (χ3n) is 3.54. The quantitative estimate of drug-likeness (QED) is 0.408. The molecule has 1 fully saturated rings. The Balaban J connectivity index is 2.39. The largest absolute Gasteiger partial charge is 0.469 e. The number of aliphatic hydroxyl groups is 1. The first-order chi connectivity index (χ1) is 11.1. The lowest BCUT2D eigenvalue weighted by Crippen LogP contribution is -2.48. The normalized spacial score (nSPS) is 30.6. The van der Waals surface area contributed by atoms with Gasteiger partial charge < -0.3 is 29.1 Å². The van der Waals surface area contributed by atoms with E-state index in [2.05, 4.69) is 4.52 Å². The van der Waals surface area contributed by atoms with Crippen LogP contribution in [0.4, 0.5) is 0 Å². The summed E-state index contributed by atoms with van der Waals surface area (Å²) >= 11 is 0. The minimum Gasteiger partial charge on any atom is -0.384 e. The fraction of sp³-hybridized carbons (Fsp3) is 0.636. The van der Waals surface area contributed by atoms with Crippen LogP contribution < -0.4 is 11.2 Å². The van der Waals surface area contributed by atoms with E-state index < -0.39 is 49.9 Å². The van der Waals surface area contributed by atoms with E-state index in [4.69, 9.17) is 24.0 Å². The molecule has 1 aliphatic heterocycles. The molecule has 12 nitrogen and oxygen atoms in total. The SMILES string of the molecule is CO[C@H]1[C@H](n2ccc(=O)[nH]c2=O)O[C@@](COP(=O)(O)O)(OC)[C@H]1O. The zero-order valence-corrected chi connectivity index (χ0v) is 13.6. The molecule has 0 bridgehead atoms. The van der Waals surface area contributed by atoms with Gasteiger partial charge in [0.2, 0.25) is 5.79 Å². The molecule has 0 aliphatic carbocycles. The van der Waals surface area contributed by atoms with Gasteiger partial charge in [-0.3, -0.25) is 18.9 Å². The molecule has 1 aromatic rings. The molecular formula is C11H17N2O10P. The van der Waals surface area contributed by atoms with Crippen LogP contribution in [-0.4, -0.2) is 63.3 Å². The molecule has 0 spiro atoms. The Morgan fingerprint density at radius 2 is 2.08 bits per heavy atom. The Morgan fingerprint density at radius 3 is 2.58 bits per heavy atom. The predicted molar refractivity (Wildman–Crippen MR) is 76.0 cm³/mol. The Hall–Kier alpha value is -1.37. The maximum atomic E-state index is 11.9. The summed E-state index contributed by atoms with van der Waals surface area (Å²) in [6, 6.07) is 1.06. The van der Waals surface area contributed by atoms with Crippen LogP contribution in [-0.2, 0) is 23.3 Å². The number of aromatic amines is 1. The molecule has 4 N–H and O–H groups in total. The van der Waals surface area contributed by atoms with Gasteiger partial charge in [-0.05, 0) is 0 Å². The lowest BCUT2D eigenvalue weighted by molar-refractivity contribution is -0.267. The molecule has 2 rings (SSSR count). The van der Waals surface area contributed by atoms with Crippen LogP contribution >= 0.6 is 7.82 Å². The van der Waals surface area contributed by atoms with Crippen LogP contribution in [0.15, 0.2) is 21.9 Å². The molecule has 0 aromatic carbocycles. The highest BCUT2D eigenvalue weighted by atomic mass is 31.2. The molecule has 1 saturated heterocycles. The van der Waals surface area contributed by atoms with Gasteiger partial charge in [0, 0.05) is 26.5 Å². The zero-order chi connectivity index (χ0) is 18.1. The number of H-pyrrole nitrogens is 1. The highest BCUT2D eigenvalue weighted by molar-refractivity contribution is 7.46. The van der Waals surface area contributed by atoms with Crippen molar-refractivity contribution in [3.05, 3.63) is 33.1 Å². The zero-order valence-electron chi connectivity index (χ0n) is 12.7. The summed E-state index contributed by atoms with van der Waals surface area (Å²) in [6.45, 7) is -0.830. The summed E-state index contributed by atoms with van der Waals surface area (Å²) in [7, 11) is -2.51. The average molecular weight is 368 g/mol. The second-order valence-electron chi connectivity index (χ2n) is 4.95. The van der Waals surface area contributed by atoms with Crippen LogP contribution in [0.1, 0.15) is 6.23 Å². The van der Waals surface area contributed by atoms with E-state index in [0.717, 1.165) is 23.9 Å². The van der Waals surface area contributed by atoms with Gasteiger partial charge >= 0.3 is 13.5 Å². The highest BCUT2D eigenvalue weighted by Gasteiger charge is 2.57. The van der Waals surface area contributed by atoms with Crippen molar-refractivity contribution >= 4 is 7.82 Å². The minimum absolute atomic E-state index is 0.633. The summed E-state index contributed by atoms with van der Waals surface area (Å²) in [6.07, 6.45) is -2.81. The van der Waals surface area contributed by atoms with Crippen LogP contribution in [0, 0.1) is 0 Å². The number of ether oxygens (including phenoxy) is 3. The molecule has 4 atom stereocenters. The van der Waals surface area contributed by atoms with E-state index in [1.807, 2.05) is 4.98 Å².